The number of hydrogen-bond donors (Lipinski definition) is 3. The summed E-state index contributed by atoms with van der Waals surface area (Å²) in [5, 5.41) is 26.6. The van der Waals surface area contributed by atoms with Crippen molar-refractivity contribution < 1.29 is 20.1 Å². The molecule has 0 spiro atoms. The van der Waals surface area contributed by atoms with Gasteiger partial charge in [0.1, 0.15) is 6.10 Å². The molecule has 11 heavy (non-hydrogen) atoms. The van der Waals surface area contributed by atoms with Gasteiger partial charge in [-0.1, -0.05) is 0 Å². The molecule has 0 amide bonds. The number of carbonyl (C=O) groups is 1. The van der Waals surface area contributed by atoms with E-state index in [0.717, 1.165) is 0 Å². The average Bonchev–Trinajstić information content (AvgIpc) is 2.01. The molecule has 0 aromatic rings. The van der Waals surface area contributed by atoms with Gasteiger partial charge >= 0.3 is 0 Å². The molecular weight excluding hydrogens is 148 g/mol. The van der Waals surface area contributed by atoms with Gasteiger partial charge in [-0.05, 0) is 12.5 Å². The van der Waals surface area contributed by atoms with Crippen LogP contribution in [0.1, 0.15) is 6.42 Å². The van der Waals surface area contributed by atoms with Crippen molar-refractivity contribution in [2.24, 2.45) is 5.92 Å². The van der Waals surface area contributed by atoms with Gasteiger partial charge in [0.05, 0.1) is 0 Å². The van der Waals surface area contributed by atoms with Crippen LogP contribution in [0.5, 0.6) is 0 Å². The van der Waals surface area contributed by atoms with Crippen LogP contribution in [0.2, 0.25) is 0 Å². The fourth-order valence-corrected chi connectivity index (χ4v) is 1.03. The molecule has 0 saturated carbocycles. The summed E-state index contributed by atoms with van der Waals surface area (Å²) in [7, 11) is 0. The van der Waals surface area contributed by atoms with E-state index < -0.39 is 23.6 Å². The minimum atomic E-state index is -1.25. The van der Waals surface area contributed by atoms with Gasteiger partial charge in [0.25, 0.3) is 0 Å². The Morgan fingerprint density at radius 3 is 2.82 bits per heavy atom. The molecule has 0 aromatic heterocycles. The highest BCUT2D eigenvalue weighted by Gasteiger charge is 2.31. The van der Waals surface area contributed by atoms with E-state index in [1.54, 1.807) is 0 Å². The van der Waals surface area contributed by atoms with Crippen LogP contribution in [0.3, 0.4) is 0 Å². The van der Waals surface area contributed by atoms with Crippen LogP contribution in [0.4, 0.5) is 0 Å². The van der Waals surface area contributed by atoms with E-state index in [1.807, 2.05) is 0 Å². The summed E-state index contributed by atoms with van der Waals surface area (Å²) in [5.41, 5.74) is 0. The molecule has 0 bridgehead atoms. The molecule has 2 atom stereocenters. The van der Waals surface area contributed by atoms with Crippen molar-refractivity contribution in [3.8, 4) is 0 Å². The molecule has 4 nitrogen and oxygen atoms in total. The topological polar surface area (TPSA) is 77.8 Å². The zero-order chi connectivity index (χ0) is 8.43. The first kappa shape index (κ1) is 8.23. The first-order chi connectivity index (χ1) is 5.16. The van der Waals surface area contributed by atoms with Crippen molar-refractivity contribution >= 4 is 5.78 Å². The summed E-state index contributed by atoms with van der Waals surface area (Å²) in [6.45, 7) is -0.239. The lowest BCUT2D eigenvalue weighted by molar-refractivity contribution is -0.130. The number of Topliss-reactive ketones (excluding diaryl/α,β-unsaturated/α-hetero) is 1. The molecule has 0 fully saturated rings. The summed E-state index contributed by atoms with van der Waals surface area (Å²) in [6.07, 6.45) is 0.413. The van der Waals surface area contributed by atoms with E-state index >= 15 is 0 Å². The maximum atomic E-state index is 10.8. The molecule has 0 heterocycles. The number of rotatable bonds is 1. The third-order valence-corrected chi connectivity index (χ3v) is 1.82. The van der Waals surface area contributed by atoms with Crippen LogP contribution in [0.25, 0.3) is 0 Å². The Bertz CT molecular complexity index is 197. The van der Waals surface area contributed by atoms with Crippen molar-refractivity contribution in [3.05, 3.63) is 11.8 Å². The van der Waals surface area contributed by atoms with E-state index in [2.05, 4.69) is 0 Å². The highest BCUT2D eigenvalue weighted by atomic mass is 16.3. The largest absolute Gasteiger partial charge is 0.505 e. The molecule has 3 N–H and O–H groups in total. The highest BCUT2D eigenvalue weighted by Crippen LogP contribution is 2.19. The highest BCUT2D eigenvalue weighted by molar-refractivity contribution is 5.97. The van der Waals surface area contributed by atoms with Crippen LogP contribution < -0.4 is 0 Å². The van der Waals surface area contributed by atoms with E-state index in [4.69, 9.17) is 15.3 Å². The van der Waals surface area contributed by atoms with Gasteiger partial charge in [-0.25, -0.2) is 0 Å². The minimum Gasteiger partial charge on any atom is -0.505 e. The zero-order valence-corrected chi connectivity index (χ0v) is 5.90. The summed E-state index contributed by atoms with van der Waals surface area (Å²) in [5.74, 6) is -1.56. The Hall–Kier alpha value is -0.870. The number of hydrogen-bond acceptors (Lipinski definition) is 4. The van der Waals surface area contributed by atoms with Gasteiger partial charge in [0, 0.05) is 12.5 Å². The molecule has 1 rings (SSSR count). The van der Waals surface area contributed by atoms with Crippen molar-refractivity contribution in [1.82, 2.24) is 0 Å². The van der Waals surface area contributed by atoms with E-state index in [1.165, 1.54) is 6.08 Å². The second-order valence-corrected chi connectivity index (χ2v) is 2.58. The second-order valence-electron chi connectivity index (χ2n) is 2.58. The molecule has 1 aliphatic carbocycles. The maximum absolute atomic E-state index is 10.8. The van der Waals surface area contributed by atoms with Crippen molar-refractivity contribution in [2.45, 2.75) is 12.5 Å². The van der Waals surface area contributed by atoms with Gasteiger partial charge in [0.2, 0.25) is 5.78 Å². The van der Waals surface area contributed by atoms with Crippen LogP contribution in [0.15, 0.2) is 11.8 Å². The Kier molecular flexibility index (Phi) is 2.26. The number of aliphatic hydroxyl groups is 3. The molecule has 0 unspecified atom stereocenters. The van der Waals surface area contributed by atoms with Crippen LogP contribution in [0, 0.1) is 5.92 Å². The maximum Gasteiger partial charge on any atom is 0.225 e. The number of aliphatic hydroxyl groups excluding tert-OH is 3. The quantitative estimate of drug-likeness (QED) is 0.475. The van der Waals surface area contributed by atoms with E-state index in [-0.39, 0.29) is 6.61 Å². The summed E-state index contributed by atoms with van der Waals surface area (Å²) in [6, 6.07) is 0. The first-order valence-corrected chi connectivity index (χ1v) is 3.39. The number of ketones is 1. The Balaban J connectivity index is 2.76. The Morgan fingerprint density at radius 2 is 2.27 bits per heavy atom. The molecule has 0 aromatic carbocycles. The van der Waals surface area contributed by atoms with Crippen LogP contribution in [-0.2, 0) is 4.79 Å². The van der Waals surface area contributed by atoms with Crippen molar-refractivity contribution in [1.29, 1.82) is 0 Å². The lowest BCUT2D eigenvalue weighted by atomic mass is 9.90. The minimum absolute atomic E-state index is 0.239. The molecular formula is C7H10O4. The van der Waals surface area contributed by atoms with Gasteiger partial charge in [0.15, 0.2) is 5.76 Å². The SMILES string of the molecule is O=C1C(O)=CC[C@@H](CO)[C@@H]1O. The van der Waals surface area contributed by atoms with Gasteiger partial charge in [-0.3, -0.25) is 4.79 Å². The van der Waals surface area contributed by atoms with Crippen molar-refractivity contribution in [2.75, 3.05) is 6.61 Å². The molecule has 1 aliphatic rings. The monoisotopic (exact) mass is 158 g/mol. The lowest BCUT2D eigenvalue weighted by Crippen LogP contribution is -2.35. The fourth-order valence-electron chi connectivity index (χ4n) is 1.03. The van der Waals surface area contributed by atoms with Crippen LogP contribution >= 0.6 is 0 Å². The molecule has 4 heteroatoms. The zero-order valence-electron chi connectivity index (χ0n) is 5.90. The van der Waals surface area contributed by atoms with E-state index in [0.29, 0.717) is 6.42 Å². The van der Waals surface area contributed by atoms with Gasteiger partial charge in [-0.2, -0.15) is 0 Å². The molecule has 0 saturated heterocycles. The Labute approximate surface area is 63.8 Å². The van der Waals surface area contributed by atoms with Crippen LogP contribution in [-0.4, -0.2) is 33.8 Å². The fraction of sp³-hybridized carbons (Fsp3) is 0.571. The molecule has 0 radical (unpaired) electrons. The summed E-state index contributed by atoms with van der Waals surface area (Å²) < 4.78 is 0. The lowest BCUT2D eigenvalue weighted by Gasteiger charge is -2.21. The average molecular weight is 158 g/mol. The molecule has 62 valence electrons. The molecule has 0 aliphatic heterocycles. The summed E-state index contributed by atoms with van der Waals surface area (Å²) >= 11 is 0. The standard InChI is InChI=1S/C7H10O4/c8-3-4-1-2-5(9)7(11)6(4)10/h2,4,6,8-10H,1,3H2/t4-,6-/m0/s1. The van der Waals surface area contributed by atoms with Gasteiger partial charge < -0.3 is 15.3 Å². The Morgan fingerprint density at radius 1 is 1.64 bits per heavy atom. The van der Waals surface area contributed by atoms with Crippen molar-refractivity contribution in [3.63, 3.8) is 0 Å². The summed E-state index contributed by atoms with van der Waals surface area (Å²) in [4.78, 5) is 10.8. The second kappa shape index (κ2) is 3.02. The predicted molar refractivity (Wildman–Crippen MR) is 36.9 cm³/mol. The third-order valence-electron chi connectivity index (χ3n) is 1.82. The van der Waals surface area contributed by atoms with E-state index in [9.17, 15) is 4.79 Å². The number of allylic oxidation sites excluding steroid dienone is 1. The first-order valence-electron chi connectivity index (χ1n) is 3.39. The van der Waals surface area contributed by atoms with Gasteiger partial charge in [-0.15, -0.1) is 0 Å². The smallest absolute Gasteiger partial charge is 0.225 e. The third kappa shape index (κ3) is 1.41. The number of carbonyl (C=O) groups excluding carboxylic acids is 1. The normalized spacial score (nSPS) is 31.8. The predicted octanol–water partition coefficient (Wildman–Crippen LogP) is -0.629.